The summed E-state index contributed by atoms with van der Waals surface area (Å²) in [5.41, 5.74) is 5.37. The third-order valence-electron chi connectivity index (χ3n) is 2.66. The second-order valence-electron chi connectivity index (χ2n) is 3.66. The molecule has 14 heavy (non-hydrogen) atoms. The Balaban J connectivity index is 2.08. The summed E-state index contributed by atoms with van der Waals surface area (Å²) in [4.78, 5) is 0. The molecule has 1 fully saturated rings. The molecule has 0 heterocycles. The van der Waals surface area contributed by atoms with Crippen LogP contribution in [-0.2, 0) is 0 Å². The summed E-state index contributed by atoms with van der Waals surface area (Å²) in [7, 11) is 0. The fraction of sp³-hybridized carbons (Fsp3) is 0.889. The molecule has 0 aromatic heterocycles. The van der Waals surface area contributed by atoms with Crippen LogP contribution in [0.3, 0.4) is 0 Å². The summed E-state index contributed by atoms with van der Waals surface area (Å²) in [6.45, 7) is 0.807. The molecular weight excluding hydrogens is 198 g/mol. The predicted octanol–water partition coefficient (Wildman–Crippen LogP) is 0.997. The Morgan fingerprint density at radius 3 is 3.00 bits per heavy atom. The first-order valence-electron chi connectivity index (χ1n) is 4.99. The van der Waals surface area contributed by atoms with Gasteiger partial charge in [0.25, 0.3) is 0 Å². The second-order valence-corrected chi connectivity index (χ2v) is 4.80. The maximum Gasteiger partial charge on any atom is 0.140 e. The molecule has 5 heteroatoms. The van der Waals surface area contributed by atoms with Gasteiger partial charge in [-0.2, -0.15) is 11.8 Å². The van der Waals surface area contributed by atoms with E-state index in [1.807, 2.05) is 11.8 Å². The Morgan fingerprint density at radius 1 is 1.64 bits per heavy atom. The number of nitrogens with zero attached hydrogens (tertiary/aromatic N) is 1. The SMILES string of the molecule is CSC1CCC(NCCC(N)=NO)C1. The molecule has 0 amide bonds. The topological polar surface area (TPSA) is 70.6 Å². The van der Waals surface area contributed by atoms with Gasteiger partial charge < -0.3 is 16.3 Å². The van der Waals surface area contributed by atoms with Gasteiger partial charge in [0.15, 0.2) is 0 Å². The Hall–Kier alpha value is -0.420. The van der Waals surface area contributed by atoms with Gasteiger partial charge in [0, 0.05) is 24.3 Å². The molecule has 0 aromatic rings. The van der Waals surface area contributed by atoms with Crippen LogP contribution in [0.5, 0.6) is 0 Å². The lowest BCUT2D eigenvalue weighted by Gasteiger charge is -2.11. The molecule has 0 spiro atoms. The summed E-state index contributed by atoms with van der Waals surface area (Å²) < 4.78 is 0. The van der Waals surface area contributed by atoms with Gasteiger partial charge in [-0.1, -0.05) is 5.16 Å². The first kappa shape index (κ1) is 11.7. The monoisotopic (exact) mass is 217 g/mol. The summed E-state index contributed by atoms with van der Waals surface area (Å²) in [6, 6.07) is 0.624. The summed E-state index contributed by atoms with van der Waals surface area (Å²) in [6.07, 6.45) is 6.60. The smallest absolute Gasteiger partial charge is 0.140 e. The highest BCUT2D eigenvalue weighted by Crippen LogP contribution is 2.27. The Labute approximate surface area is 89.3 Å². The minimum Gasteiger partial charge on any atom is -0.409 e. The van der Waals surface area contributed by atoms with Crippen LogP contribution in [0.15, 0.2) is 5.16 Å². The van der Waals surface area contributed by atoms with Gasteiger partial charge in [-0.15, -0.1) is 0 Å². The van der Waals surface area contributed by atoms with E-state index in [1.54, 1.807) is 0 Å². The summed E-state index contributed by atoms with van der Waals surface area (Å²) >= 11 is 1.95. The zero-order chi connectivity index (χ0) is 10.4. The van der Waals surface area contributed by atoms with E-state index in [-0.39, 0.29) is 0 Å². The molecule has 82 valence electrons. The van der Waals surface area contributed by atoms with Crippen molar-refractivity contribution in [1.82, 2.24) is 5.32 Å². The number of nitrogens with one attached hydrogen (secondary N) is 1. The summed E-state index contributed by atoms with van der Waals surface area (Å²) in [5, 5.41) is 15.5. The van der Waals surface area contributed by atoms with Crippen molar-refractivity contribution in [3.63, 3.8) is 0 Å². The van der Waals surface area contributed by atoms with Crippen molar-refractivity contribution in [1.29, 1.82) is 0 Å². The molecule has 1 saturated carbocycles. The molecule has 4 N–H and O–H groups in total. The molecule has 0 bridgehead atoms. The average Bonchev–Trinajstić information content (AvgIpc) is 2.65. The highest BCUT2D eigenvalue weighted by molar-refractivity contribution is 7.99. The molecule has 2 unspecified atom stereocenters. The number of thioether (sulfide) groups is 1. The van der Waals surface area contributed by atoms with Crippen molar-refractivity contribution in [3.8, 4) is 0 Å². The first-order valence-corrected chi connectivity index (χ1v) is 6.27. The van der Waals surface area contributed by atoms with Gasteiger partial charge in [-0.25, -0.2) is 0 Å². The van der Waals surface area contributed by atoms with E-state index in [4.69, 9.17) is 10.9 Å². The molecule has 1 aliphatic carbocycles. The zero-order valence-electron chi connectivity index (χ0n) is 8.57. The standard InChI is InChI=1S/C9H19N3OS/c1-14-8-3-2-7(6-8)11-5-4-9(10)12-13/h7-8,11,13H,2-6H2,1H3,(H2,10,12). The molecule has 0 radical (unpaired) electrons. The Morgan fingerprint density at radius 2 is 2.43 bits per heavy atom. The molecule has 4 nitrogen and oxygen atoms in total. The second kappa shape index (κ2) is 6.14. The van der Waals surface area contributed by atoms with Gasteiger partial charge in [0.2, 0.25) is 0 Å². The number of rotatable bonds is 5. The highest BCUT2D eigenvalue weighted by Gasteiger charge is 2.22. The number of amidine groups is 1. The molecule has 0 saturated heterocycles. The number of hydrogen-bond acceptors (Lipinski definition) is 4. The van der Waals surface area contributed by atoms with Crippen molar-refractivity contribution < 1.29 is 5.21 Å². The molecular formula is C9H19N3OS. The maximum absolute atomic E-state index is 8.34. The van der Waals surface area contributed by atoms with Crippen LogP contribution in [0.1, 0.15) is 25.7 Å². The lowest BCUT2D eigenvalue weighted by Crippen LogP contribution is -2.30. The Bertz CT molecular complexity index is 198. The largest absolute Gasteiger partial charge is 0.409 e. The van der Waals surface area contributed by atoms with Gasteiger partial charge in [0.05, 0.1) is 0 Å². The van der Waals surface area contributed by atoms with Crippen LogP contribution in [-0.4, -0.2) is 35.1 Å². The minimum atomic E-state index is 0.303. The van der Waals surface area contributed by atoms with Crippen LogP contribution >= 0.6 is 11.8 Å². The Kier molecular flexibility index (Phi) is 5.11. The minimum absolute atomic E-state index is 0.303. The van der Waals surface area contributed by atoms with E-state index in [0.717, 1.165) is 11.8 Å². The van der Waals surface area contributed by atoms with Crippen LogP contribution < -0.4 is 11.1 Å². The van der Waals surface area contributed by atoms with Crippen molar-refractivity contribution in [3.05, 3.63) is 0 Å². The van der Waals surface area contributed by atoms with Crippen molar-refractivity contribution in [2.75, 3.05) is 12.8 Å². The maximum atomic E-state index is 8.34. The van der Waals surface area contributed by atoms with Crippen LogP contribution in [0.2, 0.25) is 0 Å². The van der Waals surface area contributed by atoms with Crippen LogP contribution in [0.4, 0.5) is 0 Å². The van der Waals surface area contributed by atoms with Gasteiger partial charge in [-0.3, -0.25) is 0 Å². The normalized spacial score (nSPS) is 28.2. The van der Waals surface area contributed by atoms with E-state index in [1.165, 1.54) is 19.3 Å². The lowest BCUT2D eigenvalue weighted by molar-refractivity contribution is 0.316. The molecule has 0 aliphatic heterocycles. The quantitative estimate of drug-likeness (QED) is 0.278. The van der Waals surface area contributed by atoms with Crippen LogP contribution in [0.25, 0.3) is 0 Å². The first-order chi connectivity index (χ1) is 6.76. The summed E-state index contributed by atoms with van der Waals surface area (Å²) in [5.74, 6) is 0.303. The van der Waals surface area contributed by atoms with E-state index < -0.39 is 0 Å². The fourth-order valence-corrected chi connectivity index (χ4v) is 2.59. The zero-order valence-corrected chi connectivity index (χ0v) is 9.39. The van der Waals surface area contributed by atoms with Gasteiger partial charge in [0.1, 0.15) is 5.84 Å². The molecule has 1 rings (SSSR count). The third-order valence-corrected chi connectivity index (χ3v) is 3.76. The number of nitrogens with two attached hydrogens (primary N) is 1. The van der Waals surface area contributed by atoms with Gasteiger partial charge >= 0.3 is 0 Å². The average molecular weight is 217 g/mol. The molecule has 0 aromatic carbocycles. The van der Waals surface area contributed by atoms with E-state index in [2.05, 4.69) is 16.7 Å². The van der Waals surface area contributed by atoms with Gasteiger partial charge in [-0.05, 0) is 25.5 Å². The van der Waals surface area contributed by atoms with E-state index in [0.29, 0.717) is 18.3 Å². The van der Waals surface area contributed by atoms with E-state index >= 15 is 0 Å². The van der Waals surface area contributed by atoms with Crippen molar-refractivity contribution >= 4 is 17.6 Å². The van der Waals surface area contributed by atoms with Crippen molar-refractivity contribution in [2.24, 2.45) is 10.9 Å². The lowest BCUT2D eigenvalue weighted by atomic mass is 10.2. The highest BCUT2D eigenvalue weighted by atomic mass is 32.2. The fourth-order valence-electron chi connectivity index (χ4n) is 1.79. The van der Waals surface area contributed by atoms with Crippen LogP contribution in [0, 0.1) is 0 Å². The third kappa shape index (κ3) is 3.75. The predicted molar refractivity (Wildman–Crippen MR) is 61.0 cm³/mol. The number of oxime groups is 1. The molecule has 2 atom stereocenters. The molecule has 1 aliphatic rings. The number of hydrogen-bond donors (Lipinski definition) is 3. The van der Waals surface area contributed by atoms with Crippen molar-refractivity contribution in [2.45, 2.75) is 37.0 Å². The van der Waals surface area contributed by atoms with E-state index in [9.17, 15) is 0 Å².